The molecule has 7 heteroatoms. The number of hydrogen-bond donors (Lipinski definition) is 1. The number of imidazole rings is 1. The Bertz CT molecular complexity index is 581. The van der Waals surface area contributed by atoms with Gasteiger partial charge in [-0.15, -0.1) is 13.2 Å². The zero-order chi connectivity index (χ0) is 14.8. The summed E-state index contributed by atoms with van der Waals surface area (Å²) in [4.78, 5) is 3.88. The van der Waals surface area contributed by atoms with Gasteiger partial charge in [0.2, 0.25) is 0 Å². The van der Waals surface area contributed by atoms with Gasteiger partial charge in [-0.3, -0.25) is 0 Å². The highest BCUT2D eigenvalue weighted by atomic mass is 19.4. The molecule has 1 heterocycles. The second kappa shape index (κ2) is 5.54. The number of aliphatic hydroxyl groups is 1. The van der Waals surface area contributed by atoms with Crippen molar-refractivity contribution in [2.45, 2.75) is 25.9 Å². The van der Waals surface area contributed by atoms with Crippen LogP contribution in [0.3, 0.4) is 0 Å². The first-order chi connectivity index (χ1) is 9.42. The standard InChI is InChI=1S/C13H13F3N2O2/c1-2-18-8-17-7-10(18)12(19)9-5-3-4-6-11(9)20-13(14,15)16/h3-8,12,19H,2H2,1H3. The molecule has 2 aromatic rings. The van der Waals surface area contributed by atoms with Gasteiger partial charge in [-0.2, -0.15) is 0 Å². The lowest BCUT2D eigenvalue weighted by molar-refractivity contribution is -0.275. The molecule has 1 aromatic heterocycles. The van der Waals surface area contributed by atoms with Gasteiger partial charge in [0.15, 0.2) is 0 Å². The molecule has 0 saturated carbocycles. The molecule has 0 aliphatic carbocycles. The van der Waals surface area contributed by atoms with E-state index in [4.69, 9.17) is 0 Å². The van der Waals surface area contributed by atoms with Crippen molar-refractivity contribution in [3.8, 4) is 5.75 Å². The molecule has 1 aromatic carbocycles. The molecule has 20 heavy (non-hydrogen) atoms. The largest absolute Gasteiger partial charge is 0.573 e. The summed E-state index contributed by atoms with van der Waals surface area (Å²) in [5.74, 6) is -0.420. The van der Waals surface area contributed by atoms with E-state index in [-0.39, 0.29) is 5.56 Å². The molecule has 0 aliphatic rings. The molecule has 0 radical (unpaired) electrons. The van der Waals surface area contributed by atoms with Crippen LogP contribution in [0, 0.1) is 0 Å². The van der Waals surface area contributed by atoms with Crippen LogP contribution in [0.15, 0.2) is 36.8 Å². The van der Waals surface area contributed by atoms with Crippen LogP contribution in [0.2, 0.25) is 0 Å². The molecule has 0 fully saturated rings. The van der Waals surface area contributed by atoms with E-state index in [1.165, 1.54) is 36.8 Å². The van der Waals surface area contributed by atoms with E-state index >= 15 is 0 Å². The summed E-state index contributed by atoms with van der Waals surface area (Å²) >= 11 is 0. The van der Waals surface area contributed by atoms with Gasteiger partial charge in [0.05, 0.1) is 18.2 Å². The Labute approximate surface area is 113 Å². The average molecular weight is 286 g/mol. The van der Waals surface area contributed by atoms with Gasteiger partial charge in [0.25, 0.3) is 0 Å². The van der Waals surface area contributed by atoms with Crippen molar-refractivity contribution in [2.75, 3.05) is 0 Å². The van der Waals surface area contributed by atoms with Crippen LogP contribution >= 0.6 is 0 Å². The molecule has 1 unspecified atom stereocenters. The fourth-order valence-corrected chi connectivity index (χ4v) is 1.91. The molecule has 0 aliphatic heterocycles. The van der Waals surface area contributed by atoms with Gasteiger partial charge in [-0.1, -0.05) is 18.2 Å². The minimum Gasteiger partial charge on any atom is -0.405 e. The SMILES string of the molecule is CCn1cncc1C(O)c1ccccc1OC(F)(F)F. The molecule has 0 spiro atoms. The van der Waals surface area contributed by atoms with E-state index in [0.29, 0.717) is 12.2 Å². The summed E-state index contributed by atoms with van der Waals surface area (Å²) < 4.78 is 42.6. The number of alkyl halides is 3. The van der Waals surface area contributed by atoms with Crippen LogP contribution in [0.25, 0.3) is 0 Å². The van der Waals surface area contributed by atoms with E-state index in [1.54, 1.807) is 4.57 Å². The number of rotatable bonds is 4. The summed E-state index contributed by atoms with van der Waals surface area (Å²) in [6, 6.07) is 5.50. The number of nitrogens with zero attached hydrogens (tertiary/aromatic N) is 2. The number of benzene rings is 1. The van der Waals surface area contributed by atoms with Crippen molar-refractivity contribution in [3.05, 3.63) is 48.0 Å². The third-order valence-electron chi connectivity index (χ3n) is 2.80. The first-order valence-corrected chi connectivity index (χ1v) is 5.95. The highest BCUT2D eigenvalue weighted by molar-refractivity contribution is 5.38. The van der Waals surface area contributed by atoms with Gasteiger partial charge in [0.1, 0.15) is 11.9 Å². The lowest BCUT2D eigenvalue weighted by Crippen LogP contribution is -2.19. The lowest BCUT2D eigenvalue weighted by atomic mass is 10.1. The van der Waals surface area contributed by atoms with Crippen molar-refractivity contribution in [1.82, 2.24) is 9.55 Å². The smallest absolute Gasteiger partial charge is 0.405 e. The number of aromatic nitrogens is 2. The Kier molecular flexibility index (Phi) is 3.99. The minimum atomic E-state index is -4.80. The molecule has 4 nitrogen and oxygen atoms in total. The number of halogens is 3. The zero-order valence-corrected chi connectivity index (χ0v) is 10.6. The quantitative estimate of drug-likeness (QED) is 0.940. The maximum atomic E-state index is 12.4. The fourth-order valence-electron chi connectivity index (χ4n) is 1.91. The Morgan fingerprint density at radius 1 is 1.35 bits per heavy atom. The second-order valence-electron chi connectivity index (χ2n) is 4.09. The molecule has 0 amide bonds. The Morgan fingerprint density at radius 2 is 2.05 bits per heavy atom. The van der Waals surface area contributed by atoms with Crippen molar-refractivity contribution in [3.63, 3.8) is 0 Å². The minimum absolute atomic E-state index is 0.0417. The highest BCUT2D eigenvalue weighted by Crippen LogP contribution is 2.33. The van der Waals surface area contributed by atoms with E-state index in [9.17, 15) is 18.3 Å². The van der Waals surface area contributed by atoms with Crippen molar-refractivity contribution >= 4 is 0 Å². The van der Waals surface area contributed by atoms with Crippen LogP contribution in [-0.2, 0) is 6.54 Å². The van der Waals surface area contributed by atoms with Gasteiger partial charge in [0, 0.05) is 12.1 Å². The van der Waals surface area contributed by atoms with Gasteiger partial charge >= 0.3 is 6.36 Å². The monoisotopic (exact) mass is 286 g/mol. The van der Waals surface area contributed by atoms with Crippen LogP contribution in [0.5, 0.6) is 5.75 Å². The fraction of sp³-hybridized carbons (Fsp3) is 0.308. The normalized spacial score (nSPS) is 13.2. The van der Waals surface area contributed by atoms with E-state index in [0.717, 1.165) is 0 Å². The van der Waals surface area contributed by atoms with E-state index < -0.39 is 18.2 Å². The molecular weight excluding hydrogens is 273 g/mol. The highest BCUT2D eigenvalue weighted by Gasteiger charge is 2.33. The predicted molar refractivity (Wildman–Crippen MR) is 65.1 cm³/mol. The maximum absolute atomic E-state index is 12.4. The summed E-state index contributed by atoms with van der Waals surface area (Å²) in [5, 5.41) is 10.3. The predicted octanol–water partition coefficient (Wildman–Crippen LogP) is 2.88. The Morgan fingerprint density at radius 3 is 2.70 bits per heavy atom. The molecule has 0 bridgehead atoms. The summed E-state index contributed by atoms with van der Waals surface area (Å²) in [5.41, 5.74) is 0.450. The number of para-hydroxylation sites is 1. The van der Waals surface area contributed by atoms with Gasteiger partial charge in [-0.25, -0.2) is 4.98 Å². The second-order valence-corrected chi connectivity index (χ2v) is 4.09. The first kappa shape index (κ1) is 14.4. The number of aliphatic hydroxyl groups excluding tert-OH is 1. The number of ether oxygens (including phenoxy) is 1. The number of hydrogen-bond acceptors (Lipinski definition) is 3. The van der Waals surface area contributed by atoms with Gasteiger partial charge in [-0.05, 0) is 13.0 Å². The summed E-state index contributed by atoms with van der Waals surface area (Å²) in [7, 11) is 0. The topological polar surface area (TPSA) is 47.3 Å². The molecule has 2 rings (SSSR count). The van der Waals surface area contributed by atoms with Gasteiger partial charge < -0.3 is 14.4 Å². The third-order valence-corrected chi connectivity index (χ3v) is 2.80. The molecule has 1 N–H and O–H groups in total. The molecule has 108 valence electrons. The average Bonchev–Trinajstić information content (AvgIpc) is 2.85. The van der Waals surface area contributed by atoms with Crippen LogP contribution in [0.1, 0.15) is 24.3 Å². The third kappa shape index (κ3) is 3.11. The van der Waals surface area contributed by atoms with Crippen molar-refractivity contribution in [2.24, 2.45) is 0 Å². The maximum Gasteiger partial charge on any atom is 0.573 e. The Balaban J connectivity index is 2.37. The molecular formula is C13H13F3N2O2. The lowest BCUT2D eigenvalue weighted by Gasteiger charge is -2.18. The summed E-state index contributed by atoms with van der Waals surface area (Å²) in [6.45, 7) is 2.39. The van der Waals surface area contributed by atoms with Crippen molar-refractivity contribution < 1.29 is 23.0 Å². The number of aryl methyl sites for hydroxylation is 1. The first-order valence-electron chi connectivity index (χ1n) is 5.95. The van der Waals surface area contributed by atoms with E-state index in [2.05, 4.69) is 9.72 Å². The zero-order valence-electron chi connectivity index (χ0n) is 10.6. The van der Waals surface area contributed by atoms with Crippen LogP contribution < -0.4 is 4.74 Å². The van der Waals surface area contributed by atoms with Crippen molar-refractivity contribution in [1.29, 1.82) is 0 Å². The summed E-state index contributed by atoms with van der Waals surface area (Å²) in [6.07, 6.45) is -3.12. The van der Waals surface area contributed by atoms with Crippen LogP contribution in [-0.4, -0.2) is 21.0 Å². The molecule has 0 saturated heterocycles. The van der Waals surface area contributed by atoms with E-state index in [1.807, 2.05) is 6.92 Å². The Hall–Kier alpha value is -2.02. The molecule has 1 atom stereocenters. The van der Waals surface area contributed by atoms with Crippen LogP contribution in [0.4, 0.5) is 13.2 Å².